The van der Waals surface area contributed by atoms with E-state index in [1.807, 2.05) is 43.3 Å². The Labute approximate surface area is 152 Å². The van der Waals surface area contributed by atoms with Gasteiger partial charge in [-0.15, -0.1) is 0 Å². The van der Waals surface area contributed by atoms with Crippen LogP contribution >= 0.6 is 0 Å². The van der Waals surface area contributed by atoms with Crippen molar-refractivity contribution in [3.63, 3.8) is 0 Å². The topological polar surface area (TPSA) is 51.9 Å². The van der Waals surface area contributed by atoms with E-state index in [2.05, 4.69) is 46.4 Å². The van der Waals surface area contributed by atoms with Crippen molar-refractivity contribution in [2.75, 3.05) is 0 Å². The van der Waals surface area contributed by atoms with Crippen LogP contribution in [0.15, 0.2) is 60.9 Å². The molecule has 0 spiro atoms. The normalized spacial score (nSPS) is 11.5. The number of fused-ring (bicyclic) bond motifs is 2. The number of aromatic amines is 2. The SMILES string of the molecule is CC(C)C(=O)N(Cc1cccc2[nH]ccc12)Cc1cccc2[nH]ccc12. The second-order valence-corrected chi connectivity index (χ2v) is 7.06. The van der Waals surface area contributed by atoms with Gasteiger partial charge in [0.25, 0.3) is 0 Å². The summed E-state index contributed by atoms with van der Waals surface area (Å²) in [6.45, 7) is 5.13. The minimum atomic E-state index is -0.0362. The minimum absolute atomic E-state index is 0.0362. The van der Waals surface area contributed by atoms with Gasteiger partial charge in [-0.25, -0.2) is 0 Å². The van der Waals surface area contributed by atoms with Gasteiger partial charge in [0.05, 0.1) is 0 Å². The molecule has 0 saturated carbocycles. The summed E-state index contributed by atoms with van der Waals surface area (Å²) in [5.74, 6) is 0.135. The lowest BCUT2D eigenvalue weighted by atomic mass is 10.1. The predicted molar refractivity (Wildman–Crippen MR) is 106 cm³/mol. The van der Waals surface area contributed by atoms with Gasteiger partial charge >= 0.3 is 0 Å². The number of nitrogens with one attached hydrogen (secondary N) is 2. The molecule has 0 aliphatic carbocycles. The van der Waals surface area contributed by atoms with Crippen LogP contribution in [0, 0.1) is 5.92 Å². The number of hydrogen-bond donors (Lipinski definition) is 2. The molecule has 0 saturated heterocycles. The lowest BCUT2D eigenvalue weighted by Crippen LogP contribution is -2.33. The number of benzene rings is 2. The molecule has 4 nitrogen and oxygen atoms in total. The van der Waals surface area contributed by atoms with Crippen molar-refractivity contribution in [2.45, 2.75) is 26.9 Å². The molecule has 26 heavy (non-hydrogen) atoms. The largest absolute Gasteiger partial charge is 0.361 e. The molecule has 0 bridgehead atoms. The lowest BCUT2D eigenvalue weighted by molar-refractivity contribution is -0.135. The summed E-state index contributed by atoms with van der Waals surface area (Å²) < 4.78 is 0. The molecule has 2 heterocycles. The van der Waals surface area contributed by atoms with E-state index in [0.717, 1.165) is 11.0 Å². The Hall–Kier alpha value is -3.01. The molecule has 4 heteroatoms. The average molecular weight is 345 g/mol. The highest BCUT2D eigenvalue weighted by atomic mass is 16.2. The van der Waals surface area contributed by atoms with E-state index in [0.29, 0.717) is 13.1 Å². The van der Waals surface area contributed by atoms with Crippen molar-refractivity contribution in [1.82, 2.24) is 14.9 Å². The number of carbonyl (C=O) groups is 1. The first-order valence-corrected chi connectivity index (χ1v) is 9.02. The Morgan fingerprint density at radius 3 is 1.81 bits per heavy atom. The lowest BCUT2D eigenvalue weighted by Gasteiger charge is -2.25. The third-order valence-electron chi connectivity index (χ3n) is 4.90. The number of aromatic nitrogens is 2. The molecule has 4 rings (SSSR count). The van der Waals surface area contributed by atoms with E-state index in [1.54, 1.807) is 0 Å². The zero-order valence-electron chi connectivity index (χ0n) is 15.1. The Kier molecular flexibility index (Phi) is 4.25. The summed E-state index contributed by atoms with van der Waals surface area (Å²) in [5.41, 5.74) is 4.54. The fourth-order valence-corrected chi connectivity index (χ4v) is 3.56. The molecular weight excluding hydrogens is 322 g/mol. The highest BCUT2D eigenvalue weighted by molar-refractivity contribution is 5.85. The molecule has 4 aromatic rings. The summed E-state index contributed by atoms with van der Waals surface area (Å²) in [5, 5.41) is 2.35. The first-order valence-electron chi connectivity index (χ1n) is 9.02. The van der Waals surface area contributed by atoms with Crippen LogP contribution in [-0.4, -0.2) is 20.8 Å². The van der Waals surface area contributed by atoms with Gasteiger partial charge in [0, 0.05) is 53.2 Å². The number of nitrogens with zero attached hydrogens (tertiary/aromatic N) is 1. The third-order valence-corrected chi connectivity index (χ3v) is 4.90. The molecule has 0 aliphatic heterocycles. The maximum atomic E-state index is 12.9. The Balaban J connectivity index is 1.70. The summed E-state index contributed by atoms with van der Waals surface area (Å²) in [4.78, 5) is 21.4. The molecule has 2 aromatic heterocycles. The zero-order valence-corrected chi connectivity index (χ0v) is 15.1. The highest BCUT2D eigenvalue weighted by Gasteiger charge is 2.19. The summed E-state index contributed by atoms with van der Waals surface area (Å²) in [6.07, 6.45) is 3.90. The molecule has 132 valence electrons. The molecule has 1 amide bonds. The van der Waals surface area contributed by atoms with Crippen LogP contribution in [0.3, 0.4) is 0 Å². The molecular formula is C22H23N3O. The van der Waals surface area contributed by atoms with Gasteiger partial charge in [-0.3, -0.25) is 4.79 Å². The van der Waals surface area contributed by atoms with Crippen molar-refractivity contribution in [2.24, 2.45) is 5.92 Å². The Morgan fingerprint density at radius 2 is 1.35 bits per heavy atom. The van der Waals surface area contributed by atoms with Gasteiger partial charge in [-0.05, 0) is 35.4 Å². The van der Waals surface area contributed by atoms with Gasteiger partial charge in [-0.2, -0.15) is 0 Å². The molecule has 0 unspecified atom stereocenters. The van der Waals surface area contributed by atoms with E-state index in [1.165, 1.54) is 21.9 Å². The number of carbonyl (C=O) groups excluding carboxylic acids is 1. The smallest absolute Gasteiger partial charge is 0.225 e. The van der Waals surface area contributed by atoms with Crippen LogP contribution in [0.5, 0.6) is 0 Å². The van der Waals surface area contributed by atoms with Crippen LogP contribution in [-0.2, 0) is 17.9 Å². The van der Waals surface area contributed by atoms with Gasteiger partial charge in [0.1, 0.15) is 0 Å². The van der Waals surface area contributed by atoms with E-state index in [-0.39, 0.29) is 11.8 Å². The van der Waals surface area contributed by atoms with E-state index >= 15 is 0 Å². The fraction of sp³-hybridized carbons (Fsp3) is 0.227. The second-order valence-electron chi connectivity index (χ2n) is 7.06. The summed E-state index contributed by atoms with van der Waals surface area (Å²) in [7, 11) is 0. The monoisotopic (exact) mass is 345 g/mol. The maximum absolute atomic E-state index is 12.9. The van der Waals surface area contributed by atoms with Gasteiger partial charge in [0.15, 0.2) is 0 Å². The molecule has 2 aromatic carbocycles. The second kappa shape index (κ2) is 6.71. The molecule has 0 aliphatic rings. The molecule has 0 radical (unpaired) electrons. The standard InChI is InChI=1S/C22H23N3O/c1-15(2)22(26)25(13-16-5-3-7-20-18(16)9-11-23-20)14-17-6-4-8-21-19(17)10-12-24-21/h3-12,15,23-24H,13-14H2,1-2H3. The van der Waals surface area contributed by atoms with E-state index in [9.17, 15) is 4.79 Å². The summed E-state index contributed by atoms with van der Waals surface area (Å²) >= 11 is 0. The van der Waals surface area contributed by atoms with Crippen LogP contribution in [0.2, 0.25) is 0 Å². The van der Waals surface area contributed by atoms with Crippen LogP contribution in [0.4, 0.5) is 0 Å². The molecule has 0 atom stereocenters. The van der Waals surface area contributed by atoms with Crippen molar-refractivity contribution in [1.29, 1.82) is 0 Å². The Morgan fingerprint density at radius 1 is 0.846 bits per heavy atom. The number of hydrogen-bond acceptors (Lipinski definition) is 1. The molecule has 2 N–H and O–H groups in total. The first-order chi connectivity index (χ1) is 12.6. The van der Waals surface area contributed by atoms with Crippen LogP contribution in [0.1, 0.15) is 25.0 Å². The van der Waals surface area contributed by atoms with Gasteiger partial charge < -0.3 is 14.9 Å². The van der Waals surface area contributed by atoms with Crippen molar-refractivity contribution in [3.05, 3.63) is 72.1 Å². The summed E-state index contributed by atoms with van der Waals surface area (Å²) in [6, 6.07) is 16.6. The van der Waals surface area contributed by atoms with Crippen LogP contribution in [0.25, 0.3) is 21.8 Å². The highest BCUT2D eigenvalue weighted by Crippen LogP contribution is 2.24. The minimum Gasteiger partial charge on any atom is -0.361 e. The van der Waals surface area contributed by atoms with Crippen molar-refractivity contribution in [3.8, 4) is 0 Å². The fourth-order valence-electron chi connectivity index (χ4n) is 3.56. The quantitative estimate of drug-likeness (QED) is 0.534. The van der Waals surface area contributed by atoms with E-state index in [4.69, 9.17) is 0 Å². The van der Waals surface area contributed by atoms with Gasteiger partial charge in [-0.1, -0.05) is 38.1 Å². The number of amides is 1. The number of rotatable bonds is 5. The maximum Gasteiger partial charge on any atom is 0.225 e. The Bertz CT molecular complexity index is 981. The molecule has 0 fully saturated rings. The van der Waals surface area contributed by atoms with E-state index < -0.39 is 0 Å². The third kappa shape index (κ3) is 2.99. The van der Waals surface area contributed by atoms with Crippen LogP contribution < -0.4 is 0 Å². The first kappa shape index (κ1) is 16.5. The average Bonchev–Trinajstić information content (AvgIpc) is 3.30. The van der Waals surface area contributed by atoms with Crippen molar-refractivity contribution < 1.29 is 4.79 Å². The van der Waals surface area contributed by atoms with Crippen molar-refractivity contribution >= 4 is 27.7 Å². The zero-order chi connectivity index (χ0) is 18.1. The van der Waals surface area contributed by atoms with Gasteiger partial charge in [0.2, 0.25) is 5.91 Å². The predicted octanol–water partition coefficient (Wildman–Crippen LogP) is 4.83. The number of H-pyrrole nitrogens is 2.